The van der Waals surface area contributed by atoms with Crippen LogP contribution >= 0.6 is 0 Å². The molecular weight excluding hydrogens is 264 g/mol. The molecule has 0 saturated heterocycles. The van der Waals surface area contributed by atoms with E-state index < -0.39 is 0 Å². The molecule has 0 aliphatic carbocycles. The number of nitrogens with one attached hydrogen (secondary N) is 2. The van der Waals surface area contributed by atoms with E-state index in [1.807, 2.05) is 49.4 Å². The van der Waals surface area contributed by atoms with Crippen molar-refractivity contribution in [2.75, 3.05) is 24.3 Å². The Bertz CT molecular complexity index is 682. The van der Waals surface area contributed by atoms with Crippen molar-refractivity contribution in [3.8, 4) is 5.75 Å². The molecule has 108 valence electrons. The molecule has 1 aliphatic rings. The van der Waals surface area contributed by atoms with E-state index in [1.54, 1.807) is 7.11 Å². The van der Waals surface area contributed by atoms with E-state index in [0.29, 0.717) is 18.0 Å². The monoisotopic (exact) mass is 282 g/mol. The van der Waals surface area contributed by atoms with Crippen molar-refractivity contribution in [3.05, 3.63) is 53.6 Å². The number of amides is 1. The molecular formula is C17H18N2O2. The van der Waals surface area contributed by atoms with Crippen LogP contribution in [0.4, 0.5) is 11.4 Å². The van der Waals surface area contributed by atoms with Gasteiger partial charge in [-0.2, -0.15) is 0 Å². The summed E-state index contributed by atoms with van der Waals surface area (Å²) in [4.78, 5) is 12.6. The van der Waals surface area contributed by atoms with Gasteiger partial charge < -0.3 is 15.4 Å². The normalized spacial score (nSPS) is 16.0. The second-order valence-electron chi connectivity index (χ2n) is 5.21. The number of carbonyl (C=O) groups is 1. The van der Waals surface area contributed by atoms with Gasteiger partial charge in [-0.25, -0.2) is 0 Å². The topological polar surface area (TPSA) is 50.4 Å². The Hall–Kier alpha value is -2.49. The maximum absolute atomic E-state index is 12.6. The Kier molecular flexibility index (Phi) is 3.52. The molecule has 0 fully saturated rings. The highest BCUT2D eigenvalue weighted by Gasteiger charge is 2.28. The number of fused-ring (bicyclic) bond motifs is 1. The summed E-state index contributed by atoms with van der Waals surface area (Å²) in [6.45, 7) is 2.61. The van der Waals surface area contributed by atoms with Crippen molar-refractivity contribution in [1.29, 1.82) is 0 Å². The molecule has 0 radical (unpaired) electrons. The van der Waals surface area contributed by atoms with Crippen molar-refractivity contribution in [3.63, 3.8) is 0 Å². The minimum absolute atomic E-state index is 0.0173. The number of hydrogen-bond donors (Lipinski definition) is 2. The summed E-state index contributed by atoms with van der Waals surface area (Å²) in [6.07, 6.45) is 0. The molecule has 4 nitrogen and oxygen atoms in total. The van der Waals surface area contributed by atoms with Crippen LogP contribution in [0.15, 0.2) is 42.5 Å². The fraction of sp³-hybridized carbons (Fsp3) is 0.235. The molecule has 0 aromatic heterocycles. The minimum atomic E-state index is -0.175. The molecule has 1 amide bonds. The predicted molar refractivity (Wildman–Crippen MR) is 84.0 cm³/mol. The first kappa shape index (κ1) is 13.5. The quantitative estimate of drug-likeness (QED) is 0.909. The van der Waals surface area contributed by atoms with Gasteiger partial charge in [0.05, 0.1) is 18.7 Å². The van der Waals surface area contributed by atoms with Gasteiger partial charge in [0.1, 0.15) is 5.75 Å². The zero-order chi connectivity index (χ0) is 14.8. The van der Waals surface area contributed by atoms with Crippen molar-refractivity contribution in [2.45, 2.75) is 12.8 Å². The first-order valence-electron chi connectivity index (χ1n) is 6.97. The highest BCUT2D eigenvalue weighted by atomic mass is 16.5. The Labute approximate surface area is 124 Å². The smallest absolute Gasteiger partial charge is 0.233 e. The number of ether oxygens (including phenoxy) is 1. The van der Waals surface area contributed by atoms with E-state index >= 15 is 0 Å². The van der Waals surface area contributed by atoms with Gasteiger partial charge in [-0.05, 0) is 36.2 Å². The Balaban J connectivity index is 1.83. The van der Waals surface area contributed by atoms with Gasteiger partial charge in [0.25, 0.3) is 0 Å². The maximum Gasteiger partial charge on any atom is 0.233 e. The lowest BCUT2D eigenvalue weighted by molar-refractivity contribution is -0.117. The van der Waals surface area contributed by atoms with E-state index in [0.717, 1.165) is 16.8 Å². The van der Waals surface area contributed by atoms with Crippen LogP contribution in [0.25, 0.3) is 0 Å². The van der Waals surface area contributed by atoms with Crippen LogP contribution in [-0.2, 0) is 4.79 Å². The van der Waals surface area contributed by atoms with E-state index in [9.17, 15) is 4.79 Å². The maximum atomic E-state index is 12.6. The third-order valence-electron chi connectivity index (χ3n) is 3.76. The van der Waals surface area contributed by atoms with Gasteiger partial charge in [-0.1, -0.05) is 24.3 Å². The summed E-state index contributed by atoms with van der Waals surface area (Å²) in [5.41, 5.74) is 3.87. The summed E-state index contributed by atoms with van der Waals surface area (Å²) in [7, 11) is 1.60. The van der Waals surface area contributed by atoms with Gasteiger partial charge in [0.2, 0.25) is 5.91 Å². The lowest BCUT2D eigenvalue weighted by atomic mass is 10.0. The fourth-order valence-corrected chi connectivity index (χ4v) is 2.66. The third kappa shape index (κ3) is 2.57. The predicted octanol–water partition coefficient (Wildman–Crippen LogP) is 3.15. The number of hydrogen-bond acceptors (Lipinski definition) is 3. The van der Waals surface area contributed by atoms with Gasteiger partial charge in [0, 0.05) is 12.2 Å². The van der Waals surface area contributed by atoms with Gasteiger partial charge in [-0.3, -0.25) is 4.79 Å². The summed E-state index contributed by atoms with van der Waals surface area (Å²) in [5, 5.41) is 6.25. The molecule has 1 aliphatic heterocycles. The largest absolute Gasteiger partial charge is 0.495 e. The van der Waals surface area contributed by atoms with Crippen LogP contribution in [0.2, 0.25) is 0 Å². The van der Waals surface area contributed by atoms with Crippen LogP contribution in [0.1, 0.15) is 17.0 Å². The first-order chi connectivity index (χ1) is 10.2. The molecule has 0 saturated carbocycles. The highest BCUT2D eigenvalue weighted by Crippen LogP contribution is 2.33. The number of para-hydroxylation sites is 1. The average molecular weight is 282 g/mol. The lowest BCUT2D eigenvalue weighted by Gasteiger charge is -2.14. The molecule has 3 rings (SSSR count). The van der Waals surface area contributed by atoms with Crippen LogP contribution in [-0.4, -0.2) is 19.6 Å². The summed E-state index contributed by atoms with van der Waals surface area (Å²) >= 11 is 0. The van der Waals surface area contributed by atoms with E-state index in [-0.39, 0.29) is 11.8 Å². The molecule has 0 spiro atoms. The average Bonchev–Trinajstić information content (AvgIpc) is 2.91. The summed E-state index contributed by atoms with van der Waals surface area (Å²) in [6, 6.07) is 13.7. The molecule has 2 N–H and O–H groups in total. The standard InChI is InChI=1S/C17H18N2O2/c1-11-7-8-16(21-2)15(9-11)19-17(20)13-10-18-14-6-4-3-5-12(13)14/h3-9,13,18H,10H2,1-2H3,(H,19,20). The van der Waals surface area contributed by atoms with Gasteiger partial charge in [-0.15, -0.1) is 0 Å². The van der Waals surface area contributed by atoms with Crippen LogP contribution in [0.5, 0.6) is 5.75 Å². The molecule has 2 aromatic rings. The fourth-order valence-electron chi connectivity index (χ4n) is 2.66. The second-order valence-corrected chi connectivity index (χ2v) is 5.21. The molecule has 1 unspecified atom stereocenters. The Morgan fingerprint density at radius 1 is 1.29 bits per heavy atom. The lowest BCUT2D eigenvalue weighted by Crippen LogP contribution is -2.22. The number of rotatable bonds is 3. The molecule has 4 heteroatoms. The van der Waals surface area contributed by atoms with Crippen LogP contribution in [0.3, 0.4) is 0 Å². The van der Waals surface area contributed by atoms with E-state index in [1.165, 1.54) is 0 Å². The summed E-state index contributed by atoms with van der Waals surface area (Å²) in [5.74, 6) is 0.482. The molecule has 0 bridgehead atoms. The number of aryl methyl sites for hydroxylation is 1. The van der Waals surface area contributed by atoms with Crippen molar-refractivity contribution in [2.24, 2.45) is 0 Å². The Morgan fingerprint density at radius 2 is 2.10 bits per heavy atom. The molecule has 2 aromatic carbocycles. The molecule has 1 atom stereocenters. The van der Waals surface area contributed by atoms with Crippen molar-refractivity contribution < 1.29 is 9.53 Å². The number of anilines is 2. The van der Waals surface area contributed by atoms with Gasteiger partial charge in [0.15, 0.2) is 0 Å². The first-order valence-corrected chi connectivity index (χ1v) is 6.97. The Morgan fingerprint density at radius 3 is 2.90 bits per heavy atom. The molecule has 21 heavy (non-hydrogen) atoms. The van der Waals surface area contributed by atoms with E-state index in [2.05, 4.69) is 10.6 Å². The number of benzene rings is 2. The second kappa shape index (κ2) is 5.48. The van der Waals surface area contributed by atoms with Crippen molar-refractivity contribution in [1.82, 2.24) is 0 Å². The van der Waals surface area contributed by atoms with E-state index in [4.69, 9.17) is 4.74 Å². The number of carbonyl (C=O) groups excluding carboxylic acids is 1. The third-order valence-corrected chi connectivity index (χ3v) is 3.76. The SMILES string of the molecule is COc1ccc(C)cc1NC(=O)C1CNc2ccccc21. The van der Waals surface area contributed by atoms with Crippen LogP contribution in [0, 0.1) is 6.92 Å². The minimum Gasteiger partial charge on any atom is -0.495 e. The highest BCUT2D eigenvalue weighted by molar-refractivity contribution is 5.99. The summed E-state index contributed by atoms with van der Waals surface area (Å²) < 4.78 is 5.30. The zero-order valence-corrected chi connectivity index (χ0v) is 12.1. The van der Waals surface area contributed by atoms with Crippen molar-refractivity contribution >= 4 is 17.3 Å². The van der Waals surface area contributed by atoms with Gasteiger partial charge >= 0.3 is 0 Å². The van der Waals surface area contributed by atoms with Crippen LogP contribution < -0.4 is 15.4 Å². The zero-order valence-electron chi connectivity index (χ0n) is 12.1. The molecule has 1 heterocycles. The number of methoxy groups -OCH3 is 1.